The Balaban J connectivity index is 1.62. The summed E-state index contributed by atoms with van der Waals surface area (Å²) < 4.78 is 10.8. The summed E-state index contributed by atoms with van der Waals surface area (Å²) in [5, 5.41) is 6.38. The van der Waals surface area contributed by atoms with E-state index in [-0.39, 0.29) is 0 Å². The van der Waals surface area contributed by atoms with Crippen molar-refractivity contribution in [3.8, 4) is 17.0 Å². The summed E-state index contributed by atoms with van der Waals surface area (Å²) in [4.78, 5) is 4.61. The van der Waals surface area contributed by atoms with E-state index in [1.54, 1.807) is 18.4 Å². The number of benzene rings is 1. The third-order valence-electron chi connectivity index (χ3n) is 3.39. The molecule has 0 bridgehead atoms. The summed E-state index contributed by atoms with van der Waals surface area (Å²) in [5.41, 5.74) is 2.10. The van der Waals surface area contributed by atoms with Gasteiger partial charge in [-0.2, -0.15) is 0 Å². The largest absolute Gasteiger partial charge is 0.497 e. The number of thiazole rings is 1. The fourth-order valence-corrected chi connectivity index (χ4v) is 2.99. The quantitative estimate of drug-likeness (QED) is 0.916. The minimum atomic E-state index is 0.336. The van der Waals surface area contributed by atoms with Crippen LogP contribution >= 0.6 is 11.3 Å². The molecule has 4 nitrogen and oxygen atoms in total. The second kappa shape index (κ2) is 6.24. The van der Waals surface area contributed by atoms with Crippen LogP contribution in [0.3, 0.4) is 0 Å². The highest BCUT2D eigenvalue weighted by molar-refractivity contribution is 7.14. The molecule has 5 heteroatoms. The van der Waals surface area contributed by atoms with E-state index >= 15 is 0 Å². The van der Waals surface area contributed by atoms with Gasteiger partial charge >= 0.3 is 0 Å². The molecule has 0 radical (unpaired) electrons. The maximum Gasteiger partial charge on any atom is 0.183 e. The number of methoxy groups -OCH3 is 1. The highest BCUT2D eigenvalue weighted by Gasteiger charge is 2.15. The van der Waals surface area contributed by atoms with E-state index < -0.39 is 0 Å². The normalized spacial score (nSPS) is 18.1. The zero-order valence-electron chi connectivity index (χ0n) is 11.5. The summed E-state index contributed by atoms with van der Waals surface area (Å²) in [7, 11) is 1.67. The van der Waals surface area contributed by atoms with Gasteiger partial charge in [-0.05, 0) is 37.1 Å². The first kappa shape index (κ1) is 13.4. The van der Waals surface area contributed by atoms with Gasteiger partial charge in [0.15, 0.2) is 5.13 Å². The standard InChI is InChI=1S/C15H18N2O2S/c1-18-12-6-4-11(5-7-12)14-10-20-15(17-14)16-9-13-3-2-8-19-13/h4-7,10,13H,2-3,8-9H2,1H3,(H,16,17)/t13-/m1/s1. The average molecular weight is 290 g/mol. The molecule has 0 aliphatic carbocycles. The zero-order chi connectivity index (χ0) is 13.8. The van der Waals surface area contributed by atoms with Gasteiger partial charge in [-0.15, -0.1) is 11.3 Å². The Morgan fingerprint density at radius 3 is 2.95 bits per heavy atom. The maximum atomic E-state index is 5.59. The monoisotopic (exact) mass is 290 g/mol. The fraction of sp³-hybridized carbons (Fsp3) is 0.400. The summed E-state index contributed by atoms with van der Waals surface area (Å²) in [5.74, 6) is 0.862. The zero-order valence-corrected chi connectivity index (χ0v) is 12.3. The predicted octanol–water partition coefficient (Wildman–Crippen LogP) is 3.41. The van der Waals surface area contributed by atoms with Gasteiger partial charge in [0.1, 0.15) is 5.75 Å². The Kier molecular flexibility index (Phi) is 4.18. The van der Waals surface area contributed by atoms with Crippen molar-refractivity contribution in [3.05, 3.63) is 29.6 Å². The molecule has 2 aromatic rings. The molecule has 106 valence electrons. The molecule has 1 atom stereocenters. The van der Waals surface area contributed by atoms with Crippen molar-refractivity contribution >= 4 is 16.5 Å². The number of aromatic nitrogens is 1. The van der Waals surface area contributed by atoms with Crippen LogP contribution in [0.2, 0.25) is 0 Å². The van der Waals surface area contributed by atoms with Crippen LogP contribution in [0.25, 0.3) is 11.3 Å². The van der Waals surface area contributed by atoms with E-state index in [4.69, 9.17) is 9.47 Å². The van der Waals surface area contributed by atoms with Gasteiger partial charge in [-0.1, -0.05) is 0 Å². The molecule has 1 aliphatic heterocycles. The average Bonchev–Trinajstić information content (AvgIpc) is 3.17. The molecule has 0 amide bonds. The molecule has 0 spiro atoms. The lowest BCUT2D eigenvalue weighted by atomic mass is 10.2. The molecule has 0 unspecified atom stereocenters. The van der Waals surface area contributed by atoms with Crippen molar-refractivity contribution in [2.75, 3.05) is 25.6 Å². The molecule has 0 saturated carbocycles. The van der Waals surface area contributed by atoms with Crippen LogP contribution in [0.1, 0.15) is 12.8 Å². The highest BCUT2D eigenvalue weighted by atomic mass is 32.1. The molecule has 1 aliphatic rings. The second-order valence-electron chi connectivity index (χ2n) is 4.78. The lowest BCUT2D eigenvalue weighted by Gasteiger charge is -2.09. The van der Waals surface area contributed by atoms with Gasteiger partial charge in [-0.25, -0.2) is 4.98 Å². The van der Waals surface area contributed by atoms with Gasteiger partial charge in [-0.3, -0.25) is 0 Å². The first-order chi connectivity index (χ1) is 9.85. The van der Waals surface area contributed by atoms with Gasteiger partial charge in [0.2, 0.25) is 0 Å². The third-order valence-corrected chi connectivity index (χ3v) is 4.19. The van der Waals surface area contributed by atoms with Crippen molar-refractivity contribution in [3.63, 3.8) is 0 Å². The Bertz CT molecular complexity index is 547. The van der Waals surface area contributed by atoms with Crippen molar-refractivity contribution < 1.29 is 9.47 Å². The summed E-state index contributed by atoms with van der Waals surface area (Å²) in [6, 6.07) is 7.96. The molecule has 1 saturated heterocycles. The summed E-state index contributed by atoms with van der Waals surface area (Å²) in [6.07, 6.45) is 2.65. The number of anilines is 1. The molecule has 1 aromatic carbocycles. The van der Waals surface area contributed by atoms with Crippen LogP contribution in [-0.2, 0) is 4.74 Å². The van der Waals surface area contributed by atoms with Crippen LogP contribution in [0.15, 0.2) is 29.6 Å². The lowest BCUT2D eigenvalue weighted by molar-refractivity contribution is 0.120. The first-order valence-electron chi connectivity index (χ1n) is 6.80. The van der Waals surface area contributed by atoms with Gasteiger partial charge in [0.25, 0.3) is 0 Å². The number of ether oxygens (including phenoxy) is 2. The Hall–Kier alpha value is -1.59. The Morgan fingerprint density at radius 2 is 2.25 bits per heavy atom. The maximum absolute atomic E-state index is 5.59. The van der Waals surface area contributed by atoms with Gasteiger partial charge < -0.3 is 14.8 Å². The van der Waals surface area contributed by atoms with Crippen LogP contribution in [0, 0.1) is 0 Å². The topological polar surface area (TPSA) is 43.4 Å². The van der Waals surface area contributed by atoms with Crippen LogP contribution in [-0.4, -0.2) is 31.3 Å². The summed E-state index contributed by atoms with van der Waals surface area (Å²) >= 11 is 1.63. The number of hydrogen-bond acceptors (Lipinski definition) is 5. The molecule has 1 N–H and O–H groups in total. The predicted molar refractivity (Wildman–Crippen MR) is 81.6 cm³/mol. The third kappa shape index (κ3) is 3.11. The van der Waals surface area contributed by atoms with E-state index in [0.717, 1.165) is 41.7 Å². The van der Waals surface area contributed by atoms with Crippen molar-refractivity contribution in [1.29, 1.82) is 0 Å². The van der Waals surface area contributed by atoms with Crippen molar-refractivity contribution in [1.82, 2.24) is 4.98 Å². The van der Waals surface area contributed by atoms with Crippen molar-refractivity contribution in [2.45, 2.75) is 18.9 Å². The lowest BCUT2D eigenvalue weighted by Crippen LogP contribution is -2.18. The van der Waals surface area contributed by atoms with Crippen LogP contribution in [0.5, 0.6) is 5.75 Å². The van der Waals surface area contributed by atoms with Gasteiger partial charge in [0.05, 0.1) is 18.9 Å². The molecular formula is C15H18N2O2S. The van der Waals surface area contributed by atoms with Crippen LogP contribution < -0.4 is 10.1 Å². The minimum absolute atomic E-state index is 0.336. The number of nitrogens with zero attached hydrogens (tertiary/aromatic N) is 1. The molecule has 1 aromatic heterocycles. The van der Waals surface area contributed by atoms with E-state index in [1.807, 2.05) is 24.3 Å². The van der Waals surface area contributed by atoms with E-state index in [0.29, 0.717) is 6.10 Å². The smallest absolute Gasteiger partial charge is 0.183 e. The second-order valence-corrected chi connectivity index (χ2v) is 5.64. The number of rotatable bonds is 5. The minimum Gasteiger partial charge on any atom is -0.497 e. The highest BCUT2D eigenvalue weighted by Crippen LogP contribution is 2.26. The molecule has 20 heavy (non-hydrogen) atoms. The molecule has 2 heterocycles. The SMILES string of the molecule is COc1ccc(-c2csc(NC[C@H]3CCCO3)n2)cc1. The fourth-order valence-electron chi connectivity index (χ4n) is 2.26. The summed E-state index contributed by atoms with van der Waals surface area (Å²) in [6.45, 7) is 1.73. The molecule has 3 rings (SSSR count). The Morgan fingerprint density at radius 1 is 1.40 bits per heavy atom. The van der Waals surface area contributed by atoms with Crippen LogP contribution in [0.4, 0.5) is 5.13 Å². The first-order valence-corrected chi connectivity index (χ1v) is 7.68. The number of nitrogens with one attached hydrogen (secondary N) is 1. The van der Waals surface area contributed by atoms with Gasteiger partial charge in [0, 0.05) is 24.1 Å². The van der Waals surface area contributed by atoms with Crippen molar-refractivity contribution in [2.24, 2.45) is 0 Å². The van der Waals surface area contributed by atoms with E-state index in [2.05, 4.69) is 15.7 Å². The number of hydrogen-bond donors (Lipinski definition) is 1. The van der Waals surface area contributed by atoms with E-state index in [1.165, 1.54) is 6.42 Å². The van der Waals surface area contributed by atoms with E-state index in [9.17, 15) is 0 Å². The molecular weight excluding hydrogens is 272 g/mol. The Labute approximate surface area is 122 Å². The molecule has 1 fully saturated rings.